The number of carbonyl (C=O) groups excluding carboxylic acids is 1. The van der Waals surface area contributed by atoms with Gasteiger partial charge in [0.05, 0.1) is 6.61 Å². The van der Waals surface area contributed by atoms with Crippen molar-refractivity contribution < 1.29 is 9.53 Å². The van der Waals surface area contributed by atoms with E-state index in [1.807, 2.05) is 0 Å². The van der Waals surface area contributed by atoms with E-state index in [1.165, 1.54) is 32.1 Å². The van der Waals surface area contributed by atoms with Gasteiger partial charge in [0.15, 0.2) is 0 Å². The summed E-state index contributed by atoms with van der Waals surface area (Å²) >= 11 is 0. The number of urea groups is 1. The molecule has 0 aromatic rings. The Balaban J connectivity index is 1.30. The Morgan fingerprint density at radius 2 is 1.86 bits per heavy atom. The molecule has 1 saturated carbocycles. The predicted octanol–water partition coefficient (Wildman–Crippen LogP) is 1.73. The average Bonchev–Trinajstić information content (AvgIpc) is 3.19. The molecular formula is C16H29N3O2. The zero-order valence-electron chi connectivity index (χ0n) is 13.0. The van der Waals surface area contributed by atoms with Gasteiger partial charge in [0.25, 0.3) is 0 Å². The van der Waals surface area contributed by atoms with Crippen molar-refractivity contribution in [2.24, 2.45) is 5.92 Å². The second-order valence-electron chi connectivity index (χ2n) is 6.83. The van der Waals surface area contributed by atoms with Crippen molar-refractivity contribution in [2.45, 2.75) is 57.0 Å². The fourth-order valence-corrected chi connectivity index (χ4v) is 3.88. The molecule has 3 fully saturated rings. The lowest BCUT2D eigenvalue weighted by Crippen LogP contribution is -2.46. The third-order valence-corrected chi connectivity index (χ3v) is 5.31. The van der Waals surface area contributed by atoms with Gasteiger partial charge >= 0.3 is 6.03 Å². The van der Waals surface area contributed by atoms with Crippen molar-refractivity contribution >= 4 is 6.03 Å². The quantitative estimate of drug-likeness (QED) is 0.830. The number of hydrogen-bond acceptors (Lipinski definition) is 3. The van der Waals surface area contributed by atoms with E-state index in [1.54, 1.807) is 0 Å². The maximum absolute atomic E-state index is 11.9. The van der Waals surface area contributed by atoms with Gasteiger partial charge in [-0.1, -0.05) is 12.8 Å². The van der Waals surface area contributed by atoms with Gasteiger partial charge in [-0.3, -0.25) is 4.90 Å². The number of amides is 2. The van der Waals surface area contributed by atoms with Gasteiger partial charge in [-0.05, 0) is 51.1 Å². The molecule has 0 radical (unpaired) electrons. The van der Waals surface area contributed by atoms with E-state index >= 15 is 0 Å². The van der Waals surface area contributed by atoms with Gasteiger partial charge in [-0.2, -0.15) is 0 Å². The van der Waals surface area contributed by atoms with Gasteiger partial charge in [0.1, 0.15) is 0 Å². The first-order valence-corrected chi connectivity index (χ1v) is 8.67. The summed E-state index contributed by atoms with van der Waals surface area (Å²) in [6.07, 6.45) is 8.39. The minimum absolute atomic E-state index is 0.0357. The number of hydrogen-bond donors (Lipinski definition) is 2. The molecule has 0 aromatic carbocycles. The van der Waals surface area contributed by atoms with Crippen LogP contribution in [0.25, 0.3) is 0 Å². The van der Waals surface area contributed by atoms with Crippen molar-refractivity contribution in [1.82, 2.24) is 15.5 Å². The second-order valence-corrected chi connectivity index (χ2v) is 6.83. The molecule has 0 unspecified atom stereocenters. The van der Waals surface area contributed by atoms with Gasteiger partial charge in [0.2, 0.25) is 0 Å². The van der Waals surface area contributed by atoms with Gasteiger partial charge in [0, 0.05) is 25.2 Å². The normalized spacial score (nSPS) is 28.9. The first-order chi connectivity index (χ1) is 10.3. The first kappa shape index (κ1) is 15.1. The summed E-state index contributed by atoms with van der Waals surface area (Å²) < 4.78 is 5.47. The molecule has 2 aliphatic heterocycles. The van der Waals surface area contributed by atoms with E-state index in [4.69, 9.17) is 4.74 Å². The first-order valence-electron chi connectivity index (χ1n) is 8.67. The molecular weight excluding hydrogens is 266 g/mol. The number of nitrogens with one attached hydrogen (secondary N) is 2. The molecule has 2 saturated heterocycles. The lowest BCUT2D eigenvalue weighted by atomic mass is 9.95. The highest BCUT2D eigenvalue weighted by molar-refractivity contribution is 5.74. The van der Waals surface area contributed by atoms with Crippen LogP contribution in [0.1, 0.15) is 44.9 Å². The number of ether oxygens (including phenoxy) is 1. The zero-order chi connectivity index (χ0) is 14.5. The van der Waals surface area contributed by atoms with Crippen molar-refractivity contribution in [2.75, 3.05) is 32.8 Å². The van der Waals surface area contributed by atoms with Crippen LogP contribution in [0.5, 0.6) is 0 Å². The molecule has 1 aliphatic carbocycles. The molecule has 3 aliphatic rings. The maximum Gasteiger partial charge on any atom is 0.315 e. The Morgan fingerprint density at radius 3 is 2.52 bits per heavy atom. The van der Waals surface area contributed by atoms with E-state index in [0.29, 0.717) is 18.0 Å². The van der Waals surface area contributed by atoms with E-state index in [9.17, 15) is 4.79 Å². The summed E-state index contributed by atoms with van der Waals surface area (Å²) in [5.74, 6) is 0.637. The molecule has 2 amide bonds. The van der Waals surface area contributed by atoms with Crippen LogP contribution in [0.15, 0.2) is 0 Å². The Kier molecular flexibility index (Phi) is 5.36. The summed E-state index contributed by atoms with van der Waals surface area (Å²) in [6, 6.07) is 1.09. The molecule has 2 heterocycles. The largest absolute Gasteiger partial charge is 0.380 e. The third-order valence-electron chi connectivity index (χ3n) is 5.31. The molecule has 3 rings (SSSR count). The molecule has 120 valence electrons. The SMILES string of the molecule is O=C(NCC1CCN([C@H]2CCOC2)CC1)NC1CCCC1. The topological polar surface area (TPSA) is 53.6 Å². The fourth-order valence-electron chi connectivity index (χ4n) is 3.88. The van der Waals surface area contributed by atoms with E-state index < -0.39 is 0 Å². The highest BCUT2D eigenvalue weighted by Crippen LogP contribution is 2.22. The second kappa shape index (κ2) is 7.45. The highest BCUT2D eigenvalue weighted by Gasteiger charge is 2.27. The van der Waals surface area contributed by atoms with Crippen molar-refractivity contribution in [3.05, 3.63) is 0 Å². The van der Waals surface area contributed by atoms with Crippen LogP contribution < -0.4 is 10.6 Å². The van der Waals surface area contributed by atoms with E-state index in [-0.39, 0.29) is 6.03 Å². The number of likely N-dealkylation sites (tertiary alicyclic amines) is 1. The summed E-state index contributed by atoms with van der Waals surface area (Å²) in [7, 11) is 0. The molecule has 21 heavy (non-hydrogen) atoms. The van der Waals surface area contributed by atoms with Crippen molar-refractivity contribution in [3.8, 4) is 0 Å². The molecule has 0 aromatic heterocycles. The van der Waals surface area contributed by atoms with Crippen LogP contribution >= 0.6 is 0 Å². The molecule has 0 spiro atoms. The number of rotatable bonds is 4. The Morgan fingerprint density at radius 1 is 1.10 bits per heavy atom. The van der Waals surface area contributed by atoms with Crippen molar-refractivity contribution in [3.63, 3.8) is 0 Å². The third kappa shape index (κ3) is 4.33. The Bertz CT molecular complexity index is 330. The lowest BCUT2D eigenvalue weighted by molar-refractivity contribution is 0.110. The van der Waals surface area contributed by atoms with Crippen molar-refractivity contribution in [1.29, 1.82) is 0 Å². The smallest absolute Gasteiger partial charge is 0.315 e. The van der Waals surface area contributed by atoms with Crippen LogP contribution in [0.2, 0.25) is 0 Å². The maximum atomic E-state index is 11.9. The number of carbonyl (C=O) groups is 1. The summed E-state index contributed by atoms with van der Waals surface area (Å²) in [6.45, 7) is 4.98. The van der Waals surface area contributed by atoms with E-state index in [2.05, 4.69) is 15.5 Å². The summed E-state index contributed by atoms with van der Waals surface area (Å²) in [4.78, 5) is 14.4. The van der Waals surface area contributed by atoms with Gasteiger partial charge in [-0.15, -0.1) is 0 Å². The van der Waals surface area contributed by atoms with Crippen LogP contribution in [0.4, 0.5) is 4.79 Å². The average molecular weight is 295 g/mol. The molecule has 1 atom stereocenters. The summed E-state index contributed by atoms with van der Waals surface area (Å²) in [5, 5.41) is 6.17. The lowest BCUT2D eigenvalue weighted by Gasteiger charge is -2.35. The number of nitrogens with zero attached hydrogens (tertiary/aromatic N) is 1. The van der Waals surface area contributed by atoms with Crippen LogP contribution in [-0.4, -0.2) is 55.9 Å². The molecule has 2 N–H and O–H groups in total. The van der Waals surface area contributed by atoms with Gasteiger partial charge in [-0.25, -0.2) is 4.79 Å². The molecule has 5 heteroatoms. The van der Waals surface area contributed by atoms with Crippen LogP contribution in [0.3, 0.4) is 0 Å². The standard InChI is InChI=1S/C16H29N3O2/c20-16(18-14-3-1-2-4-14)17-11-13-5-8-19(9-6-13)15-7-10-21-12-15/h13-15H,1-12H2,(H2,17,18,20)/t15-/m0/s1. The van der Waals surface area contributed by atoms with Crippen LogP contribution in [-0.2, 0) is 4.74 Å². The highest BCUT2D eigenvalue weighted by atomic mass is 16.5. The van der Waals surface area contributed by atoms with Gasteiger partial charge < -0.3 is 15.4 Å². The monoisotopic (exact) mass is 295 g/mol. The fraction of sp³-hybridized carbons (Fsp3) is 0.938. The molecule has 5 nitrogen and oxygen atoms in total. The zero-order valence-corrected chi connectivity index (χ0v) is 13.0. The summed E-state index contributed by atoms with van der Waals surface area (Å²) in [5.41, 5.74) is 0. The van der Waals surface area contributed by atoms with Crippen LogP contribution in [0, 0.1) is 5.92 Å². The minimum Gasteiger partial charge on any atom is -0.380 e. The minimum atomic E-state index is 0.0357. The Labute approximate surface area is 127 Å². The Hall–Kier alpha value is -0.810. The predicted molar refractivity (Wildman–Crippen MR) is 82.3 cm³/mol. The number of piperidine rings is 1. The van der Waals surface area contributed by atoms with E-state index in [0.717, 1.165) is 45.7 Å². The molecule has 0 bridgehead atoms.